The maximum atomic E-state index is 13.4. The number of carboxylic acids is 1. The van der Waals surface area contributed by atoms with Crippen LogP contribution in [0.1, 0.15) is 35.4 Å². The number of nitriles is 1. The Bertz CT molecular complexity index is 720. The Morgan fingerprint density at radius 1 is 1.09 bits per heavy atom. The first-order valence-electron chi connectivity index (χ1n) is 6.68. The lowest BCUT2D eigenvalue weighted by Crippen LogP contribution is -2.06. The van der Waals surface area contributed by atoms with E-state index in [0.29, 0.717) is 11.1 Å². The normalized spacial score (nSPS) is 11.7. The lowest BCUT2D eigenvalue weighted by molar-refractivity contribution is -0.137. The van der Waals surface area contributed by atoms with E-state index in [9.17, 15) is 13.6 Å². The summed E-state index contributed by atoms with van der Waals surface area (Å²) < 4.78 is 26.5. The molecule has 3 nitrogen and oxygen atoms in total. The molecule has 0 fully saturated rings. The first-order chi connectivity index (χ1) is 10.5. The molecular weight excluding hydrogens is 288 g/mol. The van der Waals surface area contributed by atoms with Crippen LogP contribution in [-0.2, 0) is 4.79 Å². The fourth-order valence-corrected chi connectivity index (χ4v) is 2.31. The highest BCUT2D eigenvalue weighted by atomic mass is 19.2. The minimum Gasteiger partial charge on any atom is -0.481 e. The van der Waals surface area contributed by atoms with Crippen molar-refractivity contribution in [3.8, 4) is 6.07 Å². The van der Waals surface area contributed by atoms with Gasteiger partial charge in [0.2, 0.25) is 0 Å². The molecule has 0 aliphatic carbocycles. The van der Waals surface area contributed by atoms with Gasteiger partial charge in [0.05, 0.1) is 11.6 Å². The van der Waals surface area contributed by atoms with E-state index in [-0.39, 0.29) is 18.8 Å². The summed E-state index contributed by atoms with van der Waals surface area (Å²) in [4.78, 5) is 10.8. The number of halogens is 2. The van der Waals surface area contributed by atoms with E-state index in [2.05, 4.69) is 0 Å². The third-order valence-corrected chi connectivity index (χ3v) is 3.44. The number of benzene rings is 2. The molecule has 1 atom stereocenters. The predicted octanol–water partition coefficient (Wildman–Crippen LogP) is 3.83. The van der Waals surface area contributed by atoms with Crippen molar-refractivity contribution >= 4 is 5.97 Å². The zero-order chi connectivity index (χ0) is 16.1. The number of carbonyl (C=O) groups is 1. The van der Waals surface area contributed by atoms with Gasteiger partial charge in [0.15, 0.2) is 11.6 Å². The zero-order valence-corrected chi connectivity index (χ0v) is 11.6. The summed E-state index contributed by atoms with van der Waals surface area (Å²) in [6, 6.07) is 12.2. The van der Waals surface area contributed by atoms with Crippen molar-refractivity contribution < 1.29 is 18.7 Å². The summed E-state index contributed by atoms with van der Waals surface area (Å²) >= 11 is 0. The van der Waals surface area contributed by atoms with E-state index in [1.165, 1.54) is 6.07 Å². The Kier molecular flexibility index (Phi) is 4.84. The minimum atomic E-state index is -0.966. The molecule has 0 saturated carbocycles. The average Bonchev–Trinajstić information content (AvgIpc) is 2.51. The molecule has 0 bridgehead atoms. The standard InChI is InChI=1S/C17H13F2NO2/c18-15-7-5-13(9-16(15)19)14(6-8-17(21)22)12-3-1-11(10-20)2-4-12/h1-5,7,9,14H,6,8H2,(H,21,22). The summed E-state index contributed by atoms with van der Waals surface area (Å²) in [5.74, 6) is -3.24. The van der Waals surface area contributed by atoms with Crippen molar-refractivity contribution in [2.24, 2.45) is 0 Å². The highest BCUT2D eigenvalue weighted by Crippen LogP contribution is 2.30. The van der Waals surface area contributed by atoms with Gasteiger partial charge in [-0.1, -0.05) is 18.2 Å². The van der Waals surface area contributed by atoms with Crippen molar-refractivity contribution in [2.75, 3.05) is 0 Å². The summed E-state index contributed by atoms with van der Waals surface area (Å²) in [5.41, 5.74) is 1.74. The minimum absolute atomic E-state index is 0.0936. The molecule has 0 saturated heterocycles. The average molecular weight is 301 g/mol. The maximum absolute atomic E-state index is 13.4. The van der Waals surface area contributed by atoms with Crippen molar-refractivity contribution in [3.05, 3.63) is 70.8 Å². The van der Waals surface area contributed by atoms with Crippen molar-refractivity contribution in [2.45, 2.75) is 18.8 Å². The van der Waals surface area contributed by atoms with E-state index in [1.807, 2.05) is 6.07 Å². The highest BCUT2D eigenvalue weighted by Gasteiger charge is 2.17. The molecule has 0 aliphatic heterocycles. The lowest BCUT2D eigenvalue weighted by Gasteiger charge is -2.17. The van der Waals surface area contributed by atoms with Gasteiger partial charge in [-0.15, -0.1) is 0 Å². The van der Waals surface area contributed by atoms with E-state index in [1.54, 1.807) is 24.3 Å². The van der Waals surface area contributed by atoms with Gasteiger partial charge >= 0.3 is 5.97 Å². The summed E-state index contributed by atoms with van der Waals surface area (Å²) in [7, 11) is 0. The molecule has 0 aromatic heterocycles. The second kappa shape index (κ2) is 6.81. The second-order valence-electron chi connectivity index (χ2n) is 4.89. The van der Waals surface area contributed by atoms with Crippen LogP contribution in [0.5, 0.6) is 0 Å². The Hall–Kier alpha value is -2.74. The molecule has 22 heavy (non-hydrogen) atoms. The quantitative estimate of drug-likeness (QED) is 0.913. The number of carboxylic acid groups (broad SMARTS) is 1. The first kappa shape index (κ1) is 15.6. The fourth-order valence-electron chi connectivity index (χ4n) is 2.31. The van der Waals surface area contributed by atoms with Crippen molar-refractivity contribution in [1.82, 2.24) is 0 Å². The molecule has 0 amide bonds. The maximum Gasteiger partial charge on any atom is 0.303 e. The Morgan fingerprint density at radius 3 is 2.27 bits per heavy atom. The molecule has 0 spiro atoms. The van der Waals surface area contributed by atoms with Gasteiger partial charge in [0.1, 0.15) is 0 Å². The zero-order valence-electron chi connectivity index (χ0n) is 11.6. The molecular formula is C17H13F2NO2. The topological polar surface area (TPSA) is 61.1 Å². The van der Waals surface area contributed by atoms with Gasteiger partial charge in [0.25, 0.3) is 0 Å². The monoisotopic (exact) mass is 301 g/mol. The molecule has 1 unspecified atom stereocenters. The van der Waals surface area contributed by atoms with Gasteiger partial charge in [0, 0.05) is 12.3 Å². The number of hydrogen-bond acceptors (Lipinski definition) is 2. The number of hydrogen-bond donors (Lipinski definition) is 1. The molecule has 0 heterocycles. The van der Waals surface area contributed by atoms with Crippen LogP contribution in [-0.4, -0.2) is 11.1 Å². The SMILES string of the molecule is N#Cc1ccc(C(CCC(=O)O)c2ccc(F)c(F)c2)cc1. The molecule has 2 rings (SSSR count). The van der Waals surface area contributed by atoms with Crippen LogP contribution < -0.4 is 0 Å². The molecule has 2 aromatic rings. The van der Waals surface area contributed by atoms with Gasteiger partial charge in [-0.2, -0.15) is 5.26 Å². The molecule has 1 N–H and O–H groups in total. The van der Waals surface area contributed by atoms with Crippen LogP contribution >= 0.6 is 0 Å². The van der Waals surface area contributed by atoms with E-state index < -0.39 is 17.6 Å². The fraction of sp³-hybridized carbons (Fsp3) is 0.176. The summed E-state index contributed by atoms with van der Waals surface area (Å²) in [6.07, 6.45) is 0.163. The smallest absolute Gasteiger partial charge is 0.303 e. The van der Waals surface area contributed by atoms with E-state index in [0.717, 1.165) is 17.7 Å². The van der Waals surface area contributed by atoms with Crippen LogP contribution in [0.25, 0.3) is 0 Å². The van der Waals surface area contributed by atoms with Crippen LogP contribution in [0.15, 0.2) is 42.5 Å². The third-order valence-electron chi connectivity index (χ3n) is 3.44. The van der Waals surface area contributed by atoms with Crippen LogP contribution in [0.2, 0.25) is 0 Å². The van der Waals surface area contributed by atoms with Gasteiger partial charge in [-0.3, -0.25) is 4.79 Å². The van der Waals surface area contributed by atoms with E-state index in [4.69, 9.17) is 10.4 Å². The summed E-state index contributed by atoms with van der Waals surface area (Å²) in [6.45, 7) is 0. The second-order valence-corrected chi connectivity index (χ2v) is 4.89. The summed E-state index contributed by atoms with van der Waals surface area (Å²) in [5, 5.41) is 17.7. The van der Waals surface area contributed by atoms with Crippen molar-refractivity contribution in [3.63, 3.8) is 0 Å². The molecule has 5 heteroatoms. The van der Waals surface area contributed by atoms with Crippen LogP contribution in [0.4, 0.5) is 8.78 Å². The first-order valence-corrected chi connectivity index (χ1v) is 6.68. The lowest BCUT2D eigenvalue weighted by atomic mass is 9.87. The molecule has 0 radical (unpaired) electrons. The van der Waals surface area contributed by atoms with Gasteiger partial charge in [-0.25, -0.2) is 8.78 Å². The van der Waals surface area contributed by atoms with Crippen LogP contribution in [0.3, 0.4) is 0 Å². The Balaban J connectivity index is 2.38. The highest BCUT2D eigenvalue weighted by molar-refractivity contribution is 5.66. The number of nitrogens with zero attached hydrogens (tertiary/aromatic N) is 1. The predicted molar refractivity (Wildman–Crippen MR) is 76.2 cm³/mol. The van der Waals surface area contributed by atoms with Crippen molar-refractivity contribution in [1.29, 1.82) is 5.26 Å². The Morgan fingerprint density at radius 2 is 1.73 bits per heavy atom. The number of aliphatic carboxylic acids is 1. The Labute approximate surface area is 126 Å². The molecule has 2 aromatic carbocycles. The van der Waals surface area contributed by atoms with E-state index >= 15 is 0 Å². The van der Waals surface area contributed by atoms with Gasteiger partial charge in [-0.05, 0) is 41.8 Å². The third kappa shape index (κ3) is 3.67. The van der Waals surface area contributed by atoms with Gasteiger partial charge < -0.3 is 5.11 Å². The number of rotatable bonds is 5. The molecule has 0 aliphatic rings. The van der Waals surface area contributed by atoms with Crippen LogP contribution in [0, 0.1) is 23.0 Å². The molecule has 112 valence electrons. The largest absolute Gasteiger partial charge is 0.481 e.